The third-order valence-electron chi connectivity index (χ3n) is 3.03. The first-order valence-electron chi connectivity index (χ1n) is 4.85. The molecule has 76 valence electrons. The molecule has 0 saturated heterocycles. The molecule has 1 aromatic rings. The van der Waals surface area contributed by atoms with Gasteiger partial charge in [0.1, 0.15) is 0 Å². The number of aliphatic hydroxyl groups excluding tert-OH is 1. The maximum absolute atomic E-state index is 10.1. The van der Waals surface area contributed by atoms with Gasteiger partial charge in [-0.25, -0.2) is 0 Å². The van der Waals surface area contributed by atoms with Gasteiger partial charge in [-0.2, -0.15) is 0 Å². The number of aliphatic hydroxyl groups is 1. The predicted octanol–water partition coefficient (Wildman–Crippen LogP) is 2.36. The van der Waals surface area contributed by atoms with Crippen molar-refractivity contribution in [3.63, 3.8) is 0 Å². The smallest absolute Gasteiger partial charge is 0.0980 e. The molecule has 1 saturated carbocycles. The van der Waals surface area contributed by atoms with E-state index >= 15 is 0 Å². The van der Waals surface area contributed by atoms with Gasteiger partial charge in [0, 0.05) is 10.0 Å². The minimum absolute atomic E-state index is 0.399. The fourth-order valence-corrected chi connectivity index (χ4v) is 2.37. The minimum atomic E-state index is -0.549. The molecular weight excluding hydrogens is 242 g/mol. The Morgan fingerprint density at radius 2 is 2.00 bits per heavy atom. The van der Waals surface area contributed by atoms with Crippen molar-refractivity contribution in [2.24, 2.45) is 5.73 Å². The quantitative estimate of drug-likeness (QED) is 0.853. The summed E-state index contributed by atoms with van der Waals surface area (Å²) in [6.07, 6.45) is 2.40. The molecule has 1 atom stereocenters. The molecule has 1 aromatic carbocycles. The molecule has 2 rings (SSSR count). The molecule has 1 aliphatic carbocycles. The molecule has 0 spiro atoms. The summed E-state index contributed by atoms with van der Waals surface area (Å²) in [6, 6.07) is 7.71. The predicted molar refractivity (Wildman–Crippen MR) is 59.9 cm³/mol. The van der Waals surface area contributed by atoms with E-state index < -0.39 is 11.6 Å². The summed E-state index contributed by atoms with van der Waals surface area (Å²) in [4.78, 5) is 0. The Bertz CT molecular complexity index is 336. The van der Waals surface area contributed by atoms with Crippen molar-refractivity contribution in [1.82, 2.24) is 0 Å². The van der Waals surface area contributed by atoms with E-state index in [4.69, 9.17) is 5.73 Å². The van der Waals surface area contributed by atoms with Gasteiger partial charge in [0.05, 0.1) is 6.10 Å². The molecule has 14 heavy (non-hydrogen) atoms. The molecule has 0 radical (unpaired) electrons. The Hall–Kier alpha value is -0.380. The number of nitrogens with two attached hydrogens (primary N) is 1. The highest BCUT2D eigenvalue weighted by Gasteiger charge is 2.40. The lowest BCUT2D eigenvalue weighted by Crippen LogP contribution is -2.51. The average Bonchev–Trinajstić information content (AvgIpc) is 2.14. The van der Waals surface area contributed by atoms with Crippen LogP contribution in [0.1, 0.15) is 30.9 Å². The van der Waals surface area contributed by atoms with E-state index in [1.807, 2.05) is 24.3 Å². The van der Waals surface area contributed by atoms with Gasteiger partial charge >= 0.3 is 0 Å². The van der Waals surface area contributed by atoms with Crippen molar-refractivity contribution < 1.29 is 5.11 Å². The first kappa shape index (κ1) is 10.1. The summed E-state index contributed by atoms with van der Waals surface area (Å²) < 4.78 is 0.934. The van der Waals surface area contributed by atoms with E-state index in [-0.39, 0.29) is 0 Å². The largest absolute Gasteiger partial charge is 0.386 e. The molecule has 0 bridgehead atoms. The molecule has 1 fully saturated rings. The molecule has 3 heteroatoms. The van der Waals surface area contributed by atoms with Crippen LogP contribution in [0.3, 0.4) is 0 Å². The summed E-state index contributed by atoms with van der Waals surface area (Å²) in [7, 11) is 0. The molecular formula is C11H14BrNO. The molecule has 3 N–H and O–H groups in total. The standard InChI is InChI=1S/C11H14BrNO/c12-9-5-2-1-4-8(9)10(14)11(13)6-3-7-11/h1-2,4-5,10,14H,3,6-7,13H2. The monoisotopic (exact) mass is 255 g/mol. The molecule has 1 aliphatic rings. The van der Waals surface area contributed by atoms with Crippen molar-refractivity contribution in [2.45, 2.75) is 30.9 Å². The second-order valence-corrected chi connectivity index (χ2v) is 4.87. The zero-order chi connectivity index (χ0) is 10.2. The molecule has 0 amide bonds. The molecule has 0 heterocycles. The minimum Gasteiger partial charge on any atom is -0.386 e. The number of hydrogen-bond donors (Lipinski definition) is 2. The Labute approximate surface area is 92.3 Å². The number of hydrogen-bond acceptors (Lipinski definition) is 2. The number of halogens is 1. The first-order valence-corrected chi connectivity index (χ1v) is 5.64. The van der Waals surface area contributed by atoms with Gasteiger partial charge in [0.15, 0.2) is 0 Å². The Kier molecular flexibility index (Phi) is 2.64. The van der Waals surface area contributed by atoms with Crippen LogP contribution in [0.4, 0.5) is 0 Å². The molecule has 1 unspecified atom stereocenters. The zero-order valence-electron chi connectivity index (χ0n) is 7.91. The second-order valence-electron chi connectivity index (χ2n) is 4.01. The van der Waals surface area contributed by atoms with Gasteiger partial charge in [0.2, 0.25) is 0 Å². The van der Waals surface area contributed by atoms with Crippen LogP contribution in [-0.2, 0) is 0 Å². The lowest BCUT2D eigenvalue weighted by molar-refractivity contribution is 0.0332. The summed E-state index contributed by atoms with van der Waals surface area (Å²) in [5, 5.41) is 10.1. The molecule has 0 aliphatic heterocycles. The van der Waals surface area contributed by atoms with E-state index in [2.05, 4.69) is 15.9 Å². The Balaban J connectivity index is 2.26. The van der Waals surface area contributed by atoms with Gasteiger partial charge in [0.25, 0.3) is 0 Å². The zero-order valence-corrected chi connectivity index (χ0v) is 9.50. The third kappa shape index (κ3) is 1.60. The van der Waals surface area contributed by atoms with E-state index in [0.29, 0.717) is 0 Å². The van der Waals surface area contributed by atoms with Crippen molar-refractivity contribution in [1.29, 1.82) is 0 Å². The van der Waals surface area contributed by atoms with Crippen molar-refractivity contribution >= 4 is 15.9 Å². The summed E-state index contributed by atoms with van der Waals surface area (Å²) in [5.74, 6) is 0. The number of benzene rings is 1. The maximum Gasteiger partial charge on any atom is 0.0980 e. The topological polar surface area (TPSA) is 46.2 Å². The van der Waals surface area contributed by atoms with Gasteiger partial charge in [-0.15, -0.1) is 0 Å². The summed E-state index contributed by atoms with van der Waals surface area (Å²) in [5.41, 5.74) is 6.58. The molecule has 2 nitrogen and oxygen atoms in total. The highest BCUT2D eigenvalue weighted by Crippen LogP contribution is 2.41. The van der Waals surface area contributed by atoms with Crippen LogP contribution in [0.15, 0.2) is 28.7 Å². The number of rotatable bonds is 2. The summed E-state index contributed by atoms with van der Waals surface area (Å²) in [6.45, 7) is 0. The highest BCUT2D eigenvalue weighted by molar-refractivity contribution is 9.10. The van der Waals surface area contributed by atoms with E-state index in [9.17, 15) is 5.11 Å². The van der Waals surface area contributed by atoms with Gasteiger partial charge in [-0.3, -0.25) is 0 Å². The van der Waals surface area contributed by atoms with Crippen LogP contribution < -0.4 is 5.73 Å². The van der Waals surface area contributed by atoms with Crippen LogP contribution in [0.2, 0.25) is 0 Å². The van der Waals surface area contributed by atoms with Crippen LogP contribution in [0, 0.1) is 0 Å². The van der Waals surface area contributed by atoms with Crippen LogP contribution in [0.25, 0.3) is 0 Å². The van der Waals surface area contributed by atoms with Gasteiger partial charge < -0.3 is 10.8 Å². The Morgan fingerprint density at radius 1 is 1.36 bits per heavy atom. The van der Waals surface area contributed by atoms with Gasteiger partial charge in [-0.1, -0.05) is 34.1 Å². The van der Waals surface area contributed by atoms with Crippen molar-refractivity contribution in [2.75, 3.05) is 0 Å². The lowest BCUT2D eigenvalue weighted by atomic mass is 9.72. The normalized spacial score (nSPS) is 21.4. The third-order valence-corrected chi connectivity index (χ3v) is 3.75. The van der Waals surface area contributed by atoms with Crippen molar-refractivity contribution in [3.8, 4) is 0 Å². The van der Waals surface area contributed by atoms with E-state index in [0.717, 1.165) is 29.3 Å². The van der Waals surface area contributed by atoms with Gasteiger partial charge in [-0.05, 0) is 30.9 Å². The maximum atomic E-state index is 10.1. The van der Waals surface area contributed by atoms with Crippen LogP contribution >= 0.6 is 15.9 Å². The SMILES string of the molecule is NC1(C(O)c2ccccc2Br)CCC1. The first-order chi connectivity index (χ1) is 6.63. The van der Waals surface area contributed by atoms with Crippen LogP contribution in [0.5, 0.6) is 0 Å². The highest BCUT2D eigenvalue weighted by atomic mass is 79.9. The van der Waals surface area contributed by atoms with Crippen LogP contribution in [-0.4, -0.2) is 10.6 Å². The lowest BCUT2D eigenvalue weighted by Gasteiger charge is -2.42. The molecule has 0 aromatic heterocycles. The summed E-state index contributed by atoms with van der Waals surface area (Å²) >= 11 is 3.43. The van der Waals surface area contributed by atoms with E-state index in [1.54, 1.807) is 0 Å². The second kappa shape index (κ2) is 3.65. The van der Waals surface area contributed by atoms with E-state index in [1.165, 1.54) is 0 Å². The van der Waals surface area contributed by atoms with Crippen molar-refractivity contribution in [3.05, 3.63) is 34.3 Å². The fraction of sp³-hybridized carbons (Fsp3) is 0.455. The fourth-order valence-electron chi connectivity index (χ4n) is 1.87. The Morgan fingerprint density at radius 3 is 2.50 bits per heavy atom. The average molecular weight is 256 g/mol.